The molecule has 1 aromatic carbocycles. The molecule has 0 saturated carbocycles. The maximum atomic E-state index is 12.4. The second-order valence-corrected chi connectivity index (χ2v) is 5.07. The lowest BCUT2D eigenvalue weighted by Gasteiger charge is -2.27. The third kappa shape index (κ3) is 3.42. The number of hydrogen-bond acceptors (Lipinski definition) is 4. The summed E-state index contributed by atoms with van der Waals surface area (Å²) in [7, 11) is 1.58. The quantitative estimate of drug-likeness (QED) is 0.907. The van der Waals surface area contributed by atoms with Crippen molar-refractivity contribution < 1.29 is 14.3 Å². The third-order valence-electron chi connectivity index (χ3n) is 3.18. The molecular weight excluding hydrogens is 256 g/mol. The van der Waals surface area contributed by atoms with Crippen LogP contribution >= 0.6 is 0 Å². The van der Waals surface area contributed by atoms with Gasteiger partial charge in [-0.25, -0.2) is 0 Å². The Labute approximate surface area is 119 Å². The van der Waals surface area contributed by atoms with Crippen LogP contribution in [0.5, 0.6) is 11.5 Å². The van der Waals surface area contributed by atoms with Gasteiger partial charge in [-0.1, -0.05) is 0 Å². The molecule has 0 spiro atoms. The number of ether oxygens (including phenoxy) is 2. The molecule has 0 aliphatic carbocycles. The van der Waals surface area contributed by atoms with Crippen molar-refractivity contribution in [2.24, 2.45) is 0 Å². The molecule has 1 heterocycles. The van der Waals surface area contributed by atoms with Gasteiger partial charge in [-0.3, -0.25) is 4.79 Å². The SMILES string of the molecule is COc1cc(C(=O)N2CCNCC2)ccc1OC(C)C. The van der Waals surface area contributed by atoms with E-state index >= 15 is 0 Å². The lowest BCUT2D eigenvalue weighted by molar-refractivity contribution is 0.0735. The van der Waals surface area contributed by atoms with E-state index in [2.05, 4.69) is 5.32 Å². The highest BCUT2D eigenvalue weighted by Crippen LogP contribution is 2.29. The topological polar surface area (TPSA) is 50.8 Å². The van der Waals surface area contributed by atoms with Crippen molar-refractivity contribution in [3.63, 3.8) is 0 Å². The van der Waals surface area contributed by atoms with E-state index in [4.69, 9.17) is 9.47 Å². The minimum atomic E-state index is 0.0425. The van der Waals surface area contributed by atoms with Crippen molar-refractivity contribution in [3.8, 4) is 11.5 Å². The summed E-state index contributed by atoms with van der Waals surface area (Å²) in [5.41, 5.74) is 0.639. The second kappa shape index (κ2) is 6.61. The summed E-state index contributed by atoms with van der Waals surface area (Å²) in [6.07, 6.45) is 0.0682. The molecule has 1 fully saturated rings. The summed E-state index contributed by atoms with van der Waals surface area (Å²) >= 11 is 0. The fourth-order valence-electron chi connectivity index (χ4n) is 2.20. The van der Waals surface area contributed by atoms with Crippen LogP contribution in [0.15, 0.2) is 18.2 Å². The summed E-state index contributed by atoms with van der Waals surface area (Å²) in [5, 5.41) is 3.24. The third-order valence-corrected chi connectivity index (χ3v) is 3.18. The van der Waals surface area contributed by atoms with Crippen molar-refractivity contribution >= 4 is 5.91 Å². The second-order valence-electron chi connectivity index (χ2n) is 5.07. The highest BCUT2D eigenvalue weighted by atomic mass is 16.5. The molecule has 1 aliphatic rings. The highest BCUT2D eigenvalue weighted by Gasteiger charge is 2.19. The smallest absolute Gasteiger partial charge is 0.254 e. The van der Waals surface area contributed by atoms with Gasteiger partial charge in [0.25, 0.3) is 5.91 Å². The normalized spacial score (nSPS) is 15.3. The van der Waals surface area contributed by atoms with Crippen LogP contribution in [-0.2, 0) is 0 Å². The number of hydrogen-bond donors (Lipinski definition) is 1. The van der Waals surface area contributed by atoms with Crippen LogP contribution in [0.4, 0.5) is 0 Å². The van der Waals surface area contributed by atoms with Crippen LogP contribution in [0, 0.1) is 0 Å². The molecule has 5 heteroatoms. The first kappa shape index (κ1) is 14.7. The van der Waals surface area contributed by atoms with E-state index < -0.39 is 0 Å². The molecule has 1 amide bonds. The van der Waals surface area contributed by atoms with Gasteiger partial charge in [0.1, 0.15) is 0 Å². The Morgan fingerprint density at radius 1 is 1.25 bits per heavy atom. The molecule has 0 aromatic heterocycles. The number of nitrogens with zero attached hydrogens (tertiary/aromatic N) is 1. The van der Waals surface area contributed by atoms with Gasteiger partial charge in [0.2, 0.25) is 0 Å². The van der Waals surface area contributed by atoms with Gasteiger partial charge in [-0.15, -0.1) is 0 Å². The molecule has 1 saturated heterocycles. The Morgan fingerprint density at radius 2 is 1.95 bits per heavy atom. The van der Waals surface area contributed by atoms with Gasteiger partial charge >= 0.3 is 0 Å². The zero-order valence-electron chi connectivity index (χ0n) is 12.3. The molecule has 0 bridgehead atoms. The van der Waals surface area contributed by atoms with Crippen molar-refractivity contribution in [2.45, 2.75) is 20.0 Å². The van der Waals surface area contributed by atoms with Gasteiger partial charge in [0.15, 0.2) is 11.5 Å². The average Bonchev–Trinajstić information content (AvgIpc) is 2.47. The molecule has 0 radical (unpaired) electrons. The van der Waals surface area contributed by atoms with Crippen LogP contribution in [0.2, 0.25) is 0 Å². The first-order chi connectivity index (χ1) is 9.61. The molecule has 1 aromatic rings. The molecule has 1 N–H and O–H groups in total. The number of rotatable bonds is 4. The number of methoxy groups -OCH3 is 1. The Balaban J connectivity index is 2.17. The summed E-state index contributed by atoms with van der Waals surface area (Å²) in [4.78, 5) is 14.3. The lowest BCUT2D eigenvalue weighted by atomic mass is 10.1. The van der Waals surface area contributed by atoms with Gasteiger partial charge in [-0.2, -0.15) is 0 Å². The Bertz CT molecular complexity index is 468. The van der Waals surface area contributed by atoms with E-state index in [-0.39, 0.29) is 12.0 Å². The van der Waals surface area contributed by atoms with Crippen molar-refractivity contribution in [2.75, 3.05) is 33.3 Å². The number of amides is 1. The number of carbonyl (C=O) groups excluding carboxylic acids is 1. The Morgan fingerprint density at radius 3 is 2.55 bits per heavy atom. The first-order valence-electron chi connectivity index (χ1n) is 6.96. The summed E-state index contributed by atoms with van der Waals surface area (Å²) < 4.78 is 11.0. The standard InChI is InChI=1S/C15H22N2O3/c1-11(2)20-13-5-4-12(10-14(13)19-3)15(18)17-8-6-16-7-9-17/h4-5,10-11,16H,6-9H2,1-3H3. The summed E-state index contributed by atoms with van der Waals surface area (Å²) in [5.74, 6) is 1.31. The first-order valence-corrected chi connectivity index (χ1v) is 6.96. The summed E-state index contributed by atoms with van der Waals surface area (Å²) in [6, 6.07) is 5.35. The predicted octanol–water partition coefficient (Wildman–Crippen LogP) is 1.53. The van der Waals surface area contributed by atoms with E-state index in [1.807, 2.05) is 18.7 Å². The van der Waals surface area contributed by atoms with E-state index in [0.29, 0.717) is 17.1 Å². The van der Waals surface area contributed by atoms with Gasteiger partial charge < -0.3 is 19.7 Å². The molecular formula is C15H22N2O3. The van der Waals surface area contributed by atoms with E-state index in [1.165, 1.54) is 0 Å². The maximum absolute atomic E-state index is 12.4. The average molecular weight is 278 g/mol. The zero-order valence-corrected chi connectivity index (χ0v) is 12.3. The van der Waals surface area contributed by atoms with E-state index in [0.717, 1.165) is 26.2 Å². The number of piperazine rings is 1. The highest BCUT2D eigenvalue weighted by molar-refractivity contribution is 5.95. The molecule has 0 atom stereocenters. The Hall–Kier alpha value is -1.75. The summed E-state index contributed by atoms with van der Waals surface area (Å²) in [6.45, 7) is 7.09. The fourth-order valence-corrected chi connectivity index (χ4v) is 2.20. The number of carbonyl (C=O) groups is 1. The van der Waals surface area contributed by atoms with Crippen molar-refractivity contribution in [1.82, 2.24) is 10.2 Å². The Kier molecular flexibility index (Phi) is 4.84. The minimum absolute atomic E-state index is 0.0425. The van der Waals surface area contributed by atoms with E-state index in [1.54, 1.807) is 25.3 Å². The maximum Gasteiger partial charge on any atom is 0.254 e. The molecule has 110 valence electrons. The minimum Gasteiger partial charge on any atom is -0.493 e. The molecule has 5 nitrogen and oxygen atoms in total. The van der Waals surface area contributed by atoms with Gasteiger partial charge in [0, 0.05) is 31.7 Å². The van der Waals surface area contributed by atoms with Crippen LogP contribution in [0.3, 0.4) is 0 Å². The molecule has 2 rings (SSSR count). The van der Waals surface area contributed by atoms with Crippen LogP contribution in [0.1, 0.15) is 24.2 Å². The molecule has 0 unspecified atom stereocenters. The van der Waals surface area contributed by atoms with Crippen LogP contribution in [0.25, 0.3) is 0 Å². The zero-order chi connectivity index (χ0) is 14.5. The van der Waals surface area contributed by atoms with Crippen molar-refractivity contribution in [3.05, 3.63) is 23.8 Å². The molecule has 20 heavy (non-hydrogen) atoms. The van der Waals surface area contributed by atoms with Gasteiger partial charge in [-0.05, 0) is 32.0 Å². The number of nitrogens with one attached hydrogen (secondary N) is 1. The van der Waals surface area contributed by atoms with Crippen LogP contribution < -0.4 is 14.8 Å². The predicted molar refractivity (Wildman–Crippen MR) is 77.5 cm³/mol. The van der Waals surface area contributed by atoms with E-state index in [9.17, 15) is 4.79 Å². The number of benzene rings is 1. The van der Waals surface area contributed by atoms with Gasteiger partial charge in [0.05, 0.1) is 13.2 Å². The van der Waals surface area contributed by atoms with Crippen molar-refractivity contribution in [1.29, 1.82) is 0 Å². The van der Waals surface area contributed by atoms with Crippen LogP contribution in [-0.4, -0.2) is 50.2 Å². The fraction of sp³-hybridized carbons (Fsp3) is 0.533. The monoisotopic (exact) mass is 278 g/mol. The lowest BCUT2D eigenvalue weighted by Crippen LogP contribution is -2.46. The largest absolute Gasteiger partial charge is 0.493 e. The molecule has 1 aliphatic heterocycles.